The van der Waals surface area contributed by atoms with E-state index in [2.05, 4.69) is 14.9 Å². The number of rotatable bonds is 5. The number of amides is 1. The molecule has 1 aliphatic rings. The summed E-state index contributed by atoms with van der Waals surface area (Å²) in [6, 6.07) is 12.0. The van der Waals surface area contributed by atoms with Crippen LogP contribution < -0.4 is 14.9 Å². The molecular weight excluding hydrogens is 422 g/mol. The monoisotopic (exact) mass is 449 g/mol. The van der Waals surface area contributed by atoms with E-state index in [1.165, 1.54) is 37.5 Å². The van der Waals surface area contributed by atoms with Gasteiger partial charge in [0.15, 0.2) is 0 Å². The van der Waals surface area contributed by atoms with Crippen molar-refractivity contribution < 1.29 is 13.2 Å². The average molecular weight is 450 g/mol. The van der Waals surface area contributed by atoms with Crippen LogP contribution in [0.2, 0.25) is 5.02 Å². The Kier molecular flexibility index (Phi) is 6.75. The third-order valence-electron chi connectivity index (χ3n) is 4.75. The summed E-state index contributed by atoms with van der Waals surface area (Å²) in [5.41, 5.74) is 1.28. The van der Waals surface area contributed by atoms with Gasteiger partial charge in [0.2, 0.25) is 10.0 Å². The summed E-state index contributed by atoms with van der Waals surface area (Å²) in [6.45, 7) is 7.24. The van der Waals surface area contributed by atoms with Crippen LogP contribution in [-0.4, -0.2) is 33.0 Å². The van der Waals surface area contributed by atoms with Crippen molar-refractivity contribution in [3.8, 4) is 0 Å². The molecule has 0 radical (unpaired) electrons. The summed E-state index contributed by atoms with van der Waals surface area (Å²) >= 11 is 6.12. The van der Waals surface area contributed by atoms with E-state index >= 15 is 0 Å². The molecule has 2 aromatic carbocycles. The number of nitrogens with zero attached hydrogens (tertiary/aromatic N) is 1. The standard InChI is InChI=1S/C22H28ClN3O3S/c1-22(2,3)25-30(28,29)20-14-16(10-11-19(20)23)21(27)24-17-8-7-9-18(15-17)26-12-5-4-6-13-26/h7-11,14-15,25H,4-6,12-13H2,1-3H3,(H,24,27). The molecule has 6 nitrogen and oxygen atoms in total. The third-order valence-corrected chi connectivity index (χ3v) is 6.99. The van der Waals surface area contributed by atoms with Gasteiger partial charge in [-0.25, -0.2) is 13.1 Å². The van der Waals surface area contributed by atoms with Gasteiger partial charge in [0.05, 0.1) is 5.02 Å². The normalized spacial score (nSPS) is 15.1. The van der Waals surface area contributed by atoms with E-state index in [1.807, 2.05) is 24.3 Å². The molecule has 3 rings (SSSR count). The number of sulfonamides is 1. The van der Waals surface area contributed by atoms with Gasteiger partial charge in [0.1, 0.15) is 4.90 Å². The van der Waals surface area contributed by atoms with Crippen LogP contribution >= 0.6 is 11.6 Å². The highest BCUT2D eigenvalue weighted by Crippen LogP contribution is 2.26. The fraction of sp³-hybridized carbons (Fsp3) is 0.409. The Balaban J connectivity index is 1.81. The number of carbonyl (C=O) groups excluding carboxylic acids is 1. The smallest absolute Gasteiger partial charge is 0.255 e. The minimum atomic E-state index is -3.87. The predicted octanol–water partition coefficient (Wildman–Crippen LogP) is 4.66. The van der Waals surface area contributed by atoms with Gasteiger partial charge in [0.25, 0.3) is 5.91 Å². The number of anilines is 2. The number of carbonyl (C=O) groups is 1. The molecule has 0 unspecified atom stereocenters. The number of nitrogens with one attached hydrogen (secondary N) is 2. The number of hydrogen-bond donors (Lipinski definition) is 2. The Bertz CT molecular complexity index is 1030. The topological polar surface area (TPSA) is 78.5 Å². The lowest BCUT2D eigenvalue weighted by molar-refractivity contribution is 0.102. The SMILES string of the molecule is CC(C)(C)NS(=O)(=O)c1cc(C(=O)Nc2cccc(N3CCCCC3)c2)ccc1Cl. The molecular formula is C22H28ClN3O3S. The van der Waals surface area contributed by atoms with Crippen LogP contribution in [0.4, 0.5) is 11.4 Å². The predicted molar refractivity (Wildman–Crippen MR) is 122 cm³/mol. The van der Waals surface area contributed by atoms with E-state index in [0.29, 0.717) is 5.69 Å². The Hall–Kier alpha value is -2.09. The highest BCUT2D eigenvalue weighted by molar-refractivity contribution is 7.89. The van der Waals surface area contributed by atoms with Crippen molar-refractivity contribution in [3.63, 3.8) is 0 Å². The van der Waals surface area contributed by atoms with Crippen molar-refractivity contribution in [1.29, 1.82) is 0 Å². The fourth-order valence-corrected chi connectivity index (χ4v) is 5.39. The lowest BCUT2D eigenvalue weighted by Gasteiger charge is -2.29. The van der Waals surface area contributed by atoms with Gasteiger partial charge in [-0.3, -0.25) is 4.79 Å². The lowest BCUT2D eigenvalue weighted by Crippen LogP contribution is -2.40. The average Bonchev–Trinajstić information content (AvgIpc) is 2.67. The van der Waals surface area contributed by atoms with E-state index < -0.39 is 21.5 Å². The van der Waals surface area contributed by atoms with Gasteiger partial charge in [0, 0.05) is 35.6 Å². The highest BCUT2D eigenvalue weighted by atomic mass is 35.5. The summed E-state index contributed by atoms with van der Waals surface area (Å²) in [4.78, 5) is 15.0. The first-order valence-electron chi connectivity index (χ1n) is 10.1. The first-order valence-corrected chi connectivity index (χ1v) is 11.9. The number of piperidine rings is 1. The highest BCUT2D eigenvalue weighted by Gasteiger charge is 2.25. The van der Waals surface area contributed by atoms with Crippen molar-refractivity contribution in [3.05, 3.63) is 53.1 Å². The van der Waals surface area contributed by atoms with Crippen molar-refractivity contribution in [2.75, 3.05) is 23.3 Å². The van der Waals surface area contributed by atoms with Crippen molar-refractivity contribution in [1.82, 2.24) is 4.72 Å². The Morgan fingerprint density at radius 2 is 1.73 bits per heavy atom. The second kappa shape index (κ2) is 8.96. The van der Waals surface area contributed by atoms with Gasteiger partial charge in [-0.2, -0.15) is 0 Å². The quantitative estimate of drug-likeness (QED) is 0.695. The van der Waals surface area contributed by atoms with Crippen LogP contribution in [0.5, 0.6) is 0 Å². The molecule has 1 heterocycles. The minimum Gasteiger partial charge on any atom is -0.371 e. The Morgan fingerprint density at radius 1 is 1.03 bits per heavy atom. The molecule has 0 aliphatic carbocycles. The Morgan fingerprint density at radius 3 is 2.40 bits per heavy atom. The molecule has 0 bridgehead atoms. The van der Waals surface area contributed by atoms with Crippen LogP contribution in [0.1, 0.15) is 50.4 Å². The van der Waals surface area contributed by atoms with Crippen molar-refractivity contribution in [2.24, 2.45) is 0 Å². The molecule has 2 aromatic rings. The van der Waals surface area contributed by atoms with E-state index in [9.17, 15) is 13.2 Å². The fourth-order valence-electron chi connectivity index (χ4n) is 3.44. The van der Waals surface area contributed by atoms with Crippen LogP contribution in [-0.2, 0) is 10.0 Å². The maximum absolute atomic E-state index is 12.8. The van der Waals surface area contributed by atoms with E-state index in [0.717, 1.165) is 18.8 Å². The van der Waals surface area contributed by atoms with E-state index in [1.54, 1.807) is 20.8 Å². The second-order valence-electron chi connectivity index (χ2n) is 8.55. The first-order chi connectivity index (χ1) is 14.0. The van der Waals surface area contributed by atoms with Gasteiger partial charge < -0.3 is 10.2 Å². The second-order valence-corrected chi connectivity index (χ2v) is 10.6. The first kappa shape index (κ1) is 22.6. The molecule has 1 amide bonds. The molecule has 1 saturated heterocycles. The van der Waals surface area contributed by atoms with Gasteiger partial charge in [-0.1, -0.05) is 17.7 Å². The zero-order valence-corrected chi connectivity index (χ0v) is 19.1. The third kappa shape index (κ3) is 5.74. The molecule has 162 valence electrons. The maximum Gasteiger partial charge on any atom is 0.255 e. The molecule has 0 saturated carbocycles. The molecule has 0 atom stereocenters. The molecule has 2 N–H and O–H groups in total. The molecule has 8 heteroatoms. The van der Waals surface area contributed by atoms with Crippen LogP contribution in [0, 0.1) is 0 Å². The molecule has 30 heavy (non-hydrogen) atoms. The zero-order valence-electron chi connectivity index (χ0n) is 17.5. The maximum atomic E-state index is 12.8. The van der Waals surface area contributed by atoms with E-state index in [4.69, 9.17) is 11.6 Å². The van der Waals surface area contributed by atoms with Gasteiger partial charge >= 0.3 is 0 Å². The largest absolute Gasteiger partial charge is 0.371 e. The van der Waals surface area contributed by atoms with Crippen LogP contribution in [0.3, 0.4) is 0 Å². The number of halogens is 1. The van der Waals surface area contributed by atoms with Crippen LogP contribution in [0.25, 0.3) is 0 Å². The van der Waals surface area contributed by atoms with Crippen molar-refractivity contribution >= 4 is 38.9 Å². The number of benzene rings is 2. The summed E-state index contributed by atoms with van der Waals surface area (Å²) in [6.07, 6.45) is 3.58. The summed E-state index contributed by atoms with van der Waals surface area (Å²) in [5.74, 6) is -0.394. The van der Waals surface area contributed by atoms with Gasteiger partial charge in [-0.15, -0.1) is 0 Å². The zero-order chi connectivity index (χ0) is 21.9. The number of hydrogen-bond acceptors (Lipinski definition) is 4. The summed E-state index contributed by atoms with van der Waals surface area (Å²) in [7, 11) is -3.87. The molecule has 1 aliphatic heterocycles. The molecule has 0 aromatic heterocycles. The van der Waals surface area contributed by atoms with Crippen LogP contribution in [0.15, 0.2) is 47.4 Å². The van der Waals surface area contributed by atoms with E-state index in [-0.39, 0.29) is 15.5 Å². The summed E-state index contributed by atoms with van der Waals surface area (Å²) in [5, 5.41) is 2.93. The van der Waals surface area contributed by atoms with Crippen molar-refractivity contribution in [2.45, 2.75) is 50.5 Å². The Labute approximate surface area is 183 Å². The minimum absolute atomic E-state index is 0.0652. The van der Waals surface area contributed by atoms with Gasteiger partial charge in [-0.05, 0) is 76.4 Å². The molecule has 1 fully saturated rings. The lowest BCUT2D eigenvalue weighted by atomic mass is 10.1. The summed E-state index contributed by atoms with van der Waals surface area (Å²) < 4.78 is 27.9. The molecule has 0 spiro atoms.